The number of fused-ring (bicyclic) bond motifs is 2. The van der Waals surface area contributed by atoms with E-state index in [9.17, 15) is 9.59 Å². The van der Waals surface area contributed by atoms with E-state index in [-0.39, 0.29) is 29.9 Å². The SMILES string of the molecule is CCOC(=O)[C@H]1CC2CCC1N2C(=O)c1cc(C)ccc1-c1ncccn1. The van der Waals surface area contributed by atoms with E-state index in [1.54, 1.807) is 18.5 Å². The number of nitrogens with zero attached hydrogens (tertiary/aromatic N) is 3. The second-order valence-electron chi connectivity index (χ2n) is 7.23. The molecular formula is C21H23N3O3. The topological polar surface area (TPSA) is 72.4 Å². The fourth-order valence-corrected chi connectivity index (χ4v) is 4.42. The lowest BCUT2D eigenvalue weighted by atomic mass is 9.89. The van der Waals surface area contributed by atoms with Gasteiger partial charge in [-0.25, -0.2) is 9.97 Å². The standard InChI is InChI=1S/C21H23N3O3/c1-3-27-21(26)17-12-14-6-8-18(17)24(14)20(25)16-11-13(2)5-7-15(16)19-22-9-4-10-23-19/h4-5,7,9-11,14,17-18H,3,6,8,12H2,1-2H3/t14?,17-,18?/m0/s1. The second kappa shape index (κ2) is 7.10. The number of esters is 1. The Hall–Kier alpha value is -2.76. The van der Waals surface area contributed by atoms with Gasteiger partial charge in [-0.15, -0.1) is 0 Å². The first-order chi connectivity index (χ1) is 13.1. The van der Waals surface area contributed by atoms with Crippen LogP contribution in [0.1, 0.15) is 42.1 Å². The zero-order chi connectivity index (χ0) is 19.0. The maximum atomic E-state index is 13.5. The zero-order valence-electron chi connectivity index (χ0n) is 15.6. The molecule has 2 aliphatic heterocycles. The van der Waals surface area contributed by atoms with E-state index in [0.717, 1.165) is 24.0 Å². The Balaban J connectivity index is 1.68. The van der Waals surface area contributed by atoms with E-state index in [1.165, 1.54) is 0 Å². The molecule has 0 aliphatic carbocycles. The van der Waals surface area contributed by atoms with Crippen LogP contribution in [0.4, 0.5) is 0 Å². The number of ether oxygens (including phenoxy) is 1. The number of hydrogen-bond donors (Lipinski definition) is 0. The van der Waals surface area contributed by atoms with Gasteiger partial charge in [0.15, 0.2) is 5.82 Å². The molecule has 1 aromatic carbocycles. The molecule has 2 fully saturated rings. The minimum atomic E-state index is -0.214. The van der Waals surface area contributed by atoms with E-state index >= 15 is 0 Å². The van der Waals surface area contributed by atoms with Crippen LogP contribution in [0, 0.1) is 12.8 Å². The van der Waals surface area contributed by atoms with Gasteiger partial charge in [-0.1, -0.05) is 17.7 Å². The van der Waals surface area contributed by atoms with Gasteiger partial charge in [0.25, 0.3) is 5.91 Å². The van der Waals surface area contributed by atoms with Gasteiger partial charge in [-0.05, 0) is 45.2 Å². The summed E-state index contributed by atoms with van der Waals surface area (Å²) >= 11 is 0. The van der Waals surface area contributed by atoms with Crippen molar-refractivity contribution in [3.8, 4) is 11.4 Å². The van der Waals surface area contributed by atoms with Gasteiger partial charge in [0.05, 0.1) is 18.1 Å². The van der Waals surface area contributed by atoms with Gasteiger partial charge >= 0.3 is 5.97 Å². The van der Waals surface area contributed by atoms with Crippen molar-refractivity contribution in [1.29, 1.82) is 0 Å². The van der Waals surface area contributed by atoms with Crippen molar-refractivity contribution in [2.24, 2.45) is 5.92 Å². The third-order valence-electron chi connectivity index (χ3n) is 5.57. The molecule has 3 atom stereocenters. The van der Waals surface area contributed by atoms with Gasteiger partial charge in [0.1, 0.15) is 0 Å². The normalized spacial score (nSPS) is 23.5. The van der Waals surface area contributed by atoms with Crippen LogP contribution in [-0.2, 0) is 9.53 Å². The van der Waals surface area contributed by atoms with Gasteiger partial charge in [0.2, 0.25) is 0 Å². The highest BCUT2D eigenvalue weighted by Crippen LogP contribution is 2.43. The minimum absolute atomic E-state index is 0.0412. The largest absolute Gasteiger partial charge is 0.466 e. The predicted octanol–water partition coefficient (Wildman–Crippen LogP) is 3.01. The number of rotatable bonds is 4. The van der Waals surface area contributed by atoms with Crippen LogP contribution in [0.15, 0.2) is 36.7 Å². The zero-order valence-corrected chi connectivity index (χ0v) is 15.6. The van der Waals surface area contributed by atoms with Crippen molar-refractivity contribution < 1.29 is 14.3 Å². The van der Waals surface area contributed by atoms with Crippen molar-refractivity contribution in [3.63, 3.8) is 0 Å². The maximum Gasteiger partial charge on any atom is 0.311 e. The molecule has 4 rings (SSSR count). The molecule has 2 aliphatic rings. The summed E-state index contributed by atoms with van der Waals surface area (Å²) in [6.07, 6.45) is 5.83. The Labute approximate surface area is 158 Å². The van der Waals surface area contributed by atoms with E-state index < -0.39 is 0 Å². The molecule has 3 heterocycles. The fourth-order valence-electron chi connectivity index (χ4n) is 4.42. The Morgan fingerprint density at radius 3 is 2.74 bits per heavy atom. The highest BCUT2D eigenvalue weighted by atomic mass is 16.5. The van der Waals surface area contributed by atoms with Crippen molar-refractivity contribution in [3.05, 3.63) is 47.8 Å². The van der Waals surface area contributed by atoms with E-state index in [4.69, 9.17) is 4.74 Å². The third-order valence-corrected chi connectivity index (χ3v) is 5.57. The van der Waals surface area contributed by atoms with Crippen LogP contribution >= 0.6 is 0 Å². The Morgan fingerprint density at radius 1 is 1.22 bits per heavy atom. The first kappa shape index (κ1) is 17.6. The smallest absolute Gasteiger partial charge is 0.311 e. The Morgan fingerprint density at radius 2 is 2.00 bits per heavy atom. The monoisotopic (exact) mass is 365 g/mol. The molecule has 1 amide bonds. The minimum Gasteiger partial charge on any atom is -0.466 e. The fraction of sp³-hybridized carbons (Fsp3) is 0.429. The summed E-state index contributed by atoms with van der Waals surface area (Å²) in [5, 5.41) is 0. The van der Waals surface area contributed by atoms with Crippen molar-refractivity contribution in [1.82, 2.24) is 14.9 Å². The molecule has 2 saturated heterocycles. The molecule has 2 bridgehead atoms. The molecule has 0 N–H and O–H groups in total. The molecular weight excluding hydrogens is 342 g/mol. The predicted molar refractivity (Wildman–Crippen MR) is 99.9 cm³/mol. The van der Waals surface area contributed by atoms with E-state index in [0.29, 0.717) is 24.4 Å². The maximum absolute atomic E-state index is 13.5. The quantitative estimate of drug-likeness (QED) is 0.779. The van der Waals surface area contributed by atoms with Crippen LogP contribution in [0.5, 0.6) is 0 Å². The number of aromatic nitrogens is 2. The van der Waals surface area contributed by atoms with Crippen molar-refractivity contribution in [2.75, 3.05) is 6.61 Å². The lowest BCUT2D eigenvalue weighted by molar-refractivity contribution is -0.148. The Kier molecular flexibility index (Phi) is 4.64. The highest BCUT2D eigenvalue weighted by molar-refractivity contribution is 6.01. The summed E-state index contributed by atoms with van der Waals surface area (Å²) in [4.78, 5) is 36.3. The van der Waals surface area contributed by atoms with Crippen LogP contribution in [0.2, 0.25) is 0 Å². The summed E-state index contributed by atoms with van der Waals surface area (Å²) in [6, 6.07) is 7.53. The first-order valence-corrected chi connectivity index (χ1v) is 9.47. The number of carbonyl (C=O) groups is 2. The molecule has 1 aromatic heterocycles. The Bertz CT molecular complexity index is 868. The van der Waals surface area contributed by atoms with Gasteiger partial charge in [-0.3, -0.25) is 9.59 Å². The van der Waals surface area contributed by atoms with Crippen LogP contribution in [-0.4, -0.2) is 45.4 Å². The lowest BCUT2D eigenvalue weighted by Crippen LogP contribution is -2.38. The number of benzene rings is 1. The van der Waals surface area contributed by atoms with Crippen LogP contribution < -0.4 is 0 Å². The molecule has 0 spiro atoms. The molecule has 0 saturated carbocycles. The van der Waals surface area contributed by atoms with E-state index in [2.05, 4.69) is 9.97 Å². The molecule has 27 heavy (non-hydrogen) atoms. The highest BCUT2D eigenvalue weighted by Gasteiger charge is 2.52. The van der Waals surface area contributed by atoms with Crippen LogP contribution in [0.3, 0.4) is 0 Å². The summed E-state index contributed by atoms with van der Waals surface area (Å²) < 4.78 is 5.23. The molecule has 2 unspecified atom stereocenters. The summed E-state index contributed by atoms with van der Waals surface area (Å²) in [5.41, 5.74) is 2.33. The first-order valence-electron chi connectivity index (χ1n) is 9.47. The van der Waals surface area contributed by atoms with E-state index in [1.807, 2.05) is 36.9 Å². The average molecular weight is 365 g/mol. The molecule has 2 aromatic rings. The van der Waals surface area contributed by atoms with Crippen molar-refractivity contribution in [2.45, 2.75) is 45.2 Å². The number of amides is 1. The molecule has 0 radical (unpaired) electrons. The number of aryl methyl sites for hydroxylation is 1. The number of hydrogen-bond acceptors (Lipinski definition) is 5. The summed E-state index contributed by atoms with van der Waals surface area (Å²) in [7, 11) is 0. The van der Waals surface area contributed by atoms with Gasteiger partial charge in [-0.2, -0.15) is 0 Å². The van der Waals surface area contributed by atoms with Crippen LogP contribution in [0.25, 0.3) is 11.4 Å². The summed E-state index contributed by atoms with van der Waals surface area (Å²) in [6.45, 7) is 4.15. The average Bonchev–Trinajstić information content (AvgIpc) is 3.26. The third kappa shape index (κ3) is 3.09. The lowest BCUT2D eigenvalue weighted by Gasteiger charge is -2.25. The summed E-state index contributed by atoms with van der Waals surface area (Å²) in [5.74, 6) is 0.0991. The van der Waals surface area contributed by atoms with Gasteiger partial charge in [0, 0.05) is 30.0 Å². The molecule has 140 valence electrons. The van der Waals surface area contributed by atoms with Gasteiger partial charge < -0.3 is 9.64 Å². The van der Waals surface area contributed by atoms with Crippen molar-refractivity contribution >= 4 is 11.9 Å². The molecule has 6 nitrogen and oxygen atoms in total. The second-order valence-corrected chi connectivity index (χ2v) is 7.23. The number of carbonyl (C=O) groups excluding carboxylic acids is 2. The molecule has 6 heteroatoms.